The molecule has 0 spiro atoms. The first kappa shape index (κ1) is 37.6. The number of nitrogens with one attached hydrogen (secondary N) is 3. The lowest BCUT2D eigenvalue weighted by molar-refractivity contribution is -0.124. The maximum absolute atomic E-state index is 13.2. The fourth-order valence-electron chi connectivity index (χ4n) is 4.74. The van der Waals surface area contributed by atoms with Gasteiger partial charge in [-0.05, 0) is 106 Å². The predicted molar refractivity (Wildman–Crippen MR) is 201 cm³/mol. The van der Waals surface area contributed by atoms with Gasteiger partial charge in [-0.3, -0.25) is 14.3 Å². The number of sulfonamides is 1. The number of hydrogen-bond donors (Lipinski definition) is 3. The predicted octanol–water partition coefficient (Wildman–Crippen LogP) is 7.77. The average molecular weight is 699 g/mol. The molecule has 11 nitrogen and oxygen atoms in total. The number of fused-ring (bicyclic) bond motifs is 1. The maximum atomic E-state index is 13.2. The van der Waals surface area contributed by atoms with Crippen LogP contribution < -0.4 is 19.7 Å². The summed E-state index contributed by atoms with van der Waals surface area (Å²) in [6, 6.07) is 20.8. The molecular formula is C38H46N6O5S. The second kappa shape index (κ2) is 15.5. The van der Waals surface area contributed by atoms with E-state index in [4.69, 9.17) is 9.72 Å². The van der Waals surface area contributed by atoms with Gasteiger partial charge in [0.15, 0.2) is 0 Å². The van der Waals surface area contributed by atoms with E-state index >= 15 is 0 Å². The number of ketones is 1. The van der Waals surface area contributed by atoms with Crippen molar-refractivity contribution in [2.75, 3.05) is 35.6 Å². The number of hydrogen-bond acceptors (Lipinski definition) is 8. The highest BCUT2D eigenvalue weighted by molar-refractivity contribution is 7.92. The molecule has 5 rings (SSSR count). The number of imidazole rings is 1. The second-order valence-electron chi connectivity index (χ2n) is 12.8. The first-order chi connectivity index (χ1) is 23.5. The molecule has 1 amide bonds. The molecule has 3 N–H and O–H groups in total. The molecule has 0 unspecified atom stereocenters. The Hall–Kier alpha value is -5.23. The molecule has 0 aliphatic heterocycles. The lowest BCUT2D eigenvalue weighted by Gasteiger charge is -2.17. The van der Waals surface area contributed by atoms with Gasteiger partial charge in [0.05, 0.1) is 33.8 Å². The number of carbonyl (C=O) groups excluding carboxylic acids is 2. The van der Waals surface area contributed by atoms with Crippen LogP contribution in [0.5, 0.6) is 5.75 Å². The summed E-state index contributed by atoms with van der Waals surface area (Å²) >= 11 is 0. The lowest BCUT2D eigenvalue weighted by atomic mass is 9.86. The summed E-state index contributed by atoms with van der Waals surface area (Å²) < 4.78 is 33.5. The quantitative estimate of drug-likeness (QED) is 0.127. The van der Waals surface area contributed by atoms with Gasteiger partial charge in [-0.1, -0.05) is 26.8 Å². The minimum atomic E-state index is -3.88. The third kappa shape index (κ3) is 9.06. The van der Waals surface area contributed by atoms with Gasteiger partial charge in [0, 0.05) is 36.4 Å². The number of pyridine rings is 1. The topological polar surface area (TPSA) is 146 Å². The number of anilines is 3. The van der Waals surface area contributed by atoms with Crippen LogP contribution in [0.25, 0.3) is 22.4 Å². The van der Waals surface area contributed by atoms with Crippen LogP contribution in [0.2, 0.25) is 0 Å². The van der Waals surface area contributed by atoms with E-state index in [9.17, 15) is 18.0 Å². The second-order valence-corrected chi connectivity index (χ2v) is 14.5. The van der Waals surface area contributed by atoms with Crippen molar-refractivity contribution in [3.8, 4) is 17.1 Å². The summed E-state index contributed by atoms with van der Waals surface area (Å²) in [5, 5.41) is 2.93. The van der Waals surface area contributed by atoms with Gasteiger partial charge in [-0.15, -0.1) is 0 Å². The zero-order chi connectivity index (χ0) is 36.8. The minimum Gasteiger partial charge on any atom is -0.494 e. The molecule has 264 valence electrons. The molecule has 0 saturated heterocycles. The molecule has 0 atom stereocenters. The monoisotopic (exact) mass is 698 g/mol. The number of aryl methyl sites for hydroxylation is 2. The Labute approximate surface area is 294 Å². The van der Waals surface area contributed by atoms with E-state index in [1.54, 1.807) is 32.0 Å². The van der Waals surface area contributed by atoms with Crippen molar-refractivity contribution in [3.63, 3.8) is 0 Å². The van der Waals surface area contributed by atoms with Gasteiger partial charge in [0.1, 0.15) is 23.2 Å². The molecular weight excluding hydrogens is 653 g/mol. The number of Topliss-reactive ketones (excluding diaryl/α,β-unsaturated/α-hetero) is 1. The Bertz CT molecular complexity index is 2100. The normalized spacial score (nSPS) is 11.4. The summed E-state index contributed by atoms with van der Waals surface area (Å²) in [6.45, 7) is 13.6. The van der Waals surface area contributed by atoms with E-state index < -0.39 is 10.0 Å². The highest BCUT2D eigenvalue weighted by Gasteiger charge is 2.20. The Kier molecular flexibility index (Phi) is 11.7. The van der Waals surface area contributed by atoms with Crippen molar-refractivity contribution >= 4 is 49.9 Å². The summed E-state index contributed by atoms with van der Waals surface area (Å²) in [6.07, 6.45) is 0.933. The number of carbonyl (C=O) groups is 2. The Balaban J connectivity index is 0.000000627. The largest absolute Gasteiger partial charge is 0.494 e. The molecule has 0 bridgehead atoms. The molecule has 0 radical (unpaired) electrons. The smallest absolute Gasteiger partial charge is 0.263 e. The highest BCUT2D eigenvalue weighted by Crippen LogP contribution is 2.29. The van der Waals surface area contributed by atoms with E-state index in [-0.39, 0.29) is 27.8 Å². The number of aromatic nitrogens is 3. The third-order valence-electron chi connectivity index (χ3n) is 8.58. The molecule has 0 saturated carbocycles. The van der Waals surface area contributed by atoms with Crippen LogP contribution in [0.15, 0.2) is 77.7 Å². The molecule has 12 heteroatoms. The molecule has 0 fully saturated rings. The van der Waals surface area contributed by atoms with E-state index in [1.807, 2.05) is 90.0 Å². The summed E-state index contributed by atoms with van der Waals surface area (Å²) in [5.74, 6) is 1.31. The fraction of sp³-hybridized carbons (Fsp3) is 0.316. The Morgan fingerprint density at radius 2 is 1.62 bits per heavy atom. The maximum Gasteiger partial charge on any atom is 0.263 e. The molecule has 50 heavy (non-hydrogen) atoms. The highest BCUT2D eigenvalue weighted by atomic mass is 32.2. The fourth-order valence-corrected chi connectivity index (χ4v) is 5.74. The van der Waals surface area contributed by atoms with Gasteiger partial charge in [0.25, 0.3) is 15.9 Å². The summed E-state index contributed by atoms with van der Waals surface area (Å²) in [7, 11) is 0.0998. The van der Waals surface area contributed by atoms with Crippen LogP contribution in [0, 0.1) is 19.3 Å². The molecule has 5 aromatic rings. The van der Waals surface area contributed by atoms with E-state index in [2.05, 4.69) is 20.0 Å². The zero-order valence-corrected chi connectivity index (χ0v) is 31.0. The number of nitrogens with zero attached hydrogens (tertiary/aromatic N) is 3. The lowest BCUT2D eigenvalue weighted by Crippen LogP contribution is -2.19. The van der Waals surface area contributed by atoms with E-state index in [0.29, 0.717) is 35.1 Å². The number of amides is 1. The Morgan fingerprint density at radius 3 is 2.20 bits per heavy atom. The minimum absolute atomic E-state index is 0.0741. The number of benzene rings is 3. The Morgan fingerprint density at radius 1 is 0.920 bits per heavy atom. The van der Waals surface area contributed by atoms with Crippen LogP contribution in [0.4, 0.5) is 17.2 Å². The van der Waals surface area contributed by atoms with Crippen molar-refractivity contribution in [2.24, 2.45) is 5.41 Å². The molecule has 0 aliphatic carbocycles. The van der Waals surface area contributed by atoms with Crippen molar-refractivity contribution in [1.82, 2.24) is 15.0 Å². The molecule has 2 aromatic heterocycles. The summed E-state index contributed by atoms with van der Waals surface area (Å²) in [4.78, 5) is 38.4. The number of H-pyrrole nitrogens is 1. The number of aromatic amines is 1. The SMILES string of the molecule is CCC(C)(C)C(C)=O.CCOc1ccc(S(=O)(=O)Nc2ccc(C(=O)Nc3ccc(C)c(-c4nc5ccc(N(C)C)cc5[nH]4)c3)c(C)n2)cc1. The molecule has 2 heterocycles. The third-order valence-corrected chi connectivity index (χ3v) is 9.95. The van der Waals surface area contributed by atoms with E-state index in [1.165, 1.54) is 18.2 Å². The van der Waals surface area contributed by atoms with Crippen LogP contribution in [-0.4, -0.2) is 55.8 Å². The first-order valence-electron chi connectivity index (χ1n) is 16.4. The van der Waals surface area contributed by atoms with Crippen molar-refractivity contribution in [1.29, 1.82) is 0 Å². The van der Waals surface area contributed by atoms with Gasteiger partial charge in [-0.2, -0.15) is 0 Å². The van der Waals surface area contributed by atoms with Crippen LogP contribution in [0.1, 0.15) is 62.7 Å². The number of rotatable bonds is 11. The van der Waals surface area contributed by atoms with Gasteiger partial charge in [-0.25, -0.2) is 18.4 Å². The van der Waals surface area contributed by atoms with Gasteiger partial charge < -0.3 is 19.9 Å². The van der Waals surface area contributed by atoms with Gasteiger partial charge in [0.2, 0.25) is 0 Å². The van der Waals surface area contributed by atoms with Crippen molar-refractivity contribution < 1.29 is 22.7 Å². The van der Waals surface area contributed by atoms with Crippen molar-refractivity contribution in [2.45, 2.75) is 59.8 Å². The summed E-state index contributed by atoms with van der Waals surface area (Å²) in [5.41, 5.74) is 5.89. The molecule has 0 aliphatic rings. The van der Waals surface area contributed by atoms with Crippen LogP contribution in [-0.2, 0) is 14.8 Å². The van der Waals surface area contributed by atoms with Crippen LogP contribution >= 0.6 is 0 Å². The van der Waals surface area contributed by atoms with Crippen LogP contribution in [0.3, 0.4) is 0 Å². The average Bonchev–Trinajstić information content (AvgIpc) is 3.49. The van der Waals surface area contributed by atoms with Gasteiger partial charge >= 0.3 is 0 Å². The number of ether oxygens (including phenoxy) is 1. The standard InChI is InChI=1S/C31H32N6O4S.C7H14O/c1-6-41-23-10-12-24(13-11-23)42(39,40)36-29-16-14-25(20(3)32-29)31(38)33-21-8-7-19(2)26(17-21)30-34-27-15-9-22(37(4)5)18-28(27)35-30;1-5-7(3,4)6(2)8/h7-18H,6H2,1-5H3,(H,32,36)(H,33,38)(H,34,35);5H2,1-4H3. The van der Waals surface area contributed by atoms with E-state index in [0.717, 1.165) is 34.3 Å². The zero-order valence-electron chi connectivity index (χ0n) is 30.1. The molecule has 3 aromatic carbocycles. The van der Waals surface area contributed by atoms with Crippen molar-refractivity contribution in [3.05, 3.63) is 89.6 Å². The first-order valence-corrected chi connectivity index (χ1v) is 17.9.